The van der Waals surface area contributed by atoms with E-state index in [2.05, 4.69) is 5.32 Å². The third kappa shape index (κ3) is 2.75. The molecule has 4 heteroatoms. The molecule has 0 unspecified atom stereocenters. The predicted molar refractivity (Wildman–Crippen MR) is 52.2 cm³/mol. The van der Waals surface area contributed by atoms with E-state index in [-0.39, 0.29) is 5.56 Å². The predicted octanol–water partition coefficient (Wildman–Crippen LogP) is 1.51. The average molecular weight is 191 g/mol. The quantitative estimate of drug-likeness (QED) is 0.559. The third-order valence-electron chi connectivity index (χ3n) is 1.56. The molecular weight excluding hydrogens is 182 g/mol. The van der Waals surface area contributed by atoms with Crippen molar-refractivity contribution < 1.29 is 14.7 Å². The molecule has 1 aromatic rings. The van der Waals surface area contributed by atoms with Gasteiger partial charge in [-0.1, -0.05) is 0 Å². The summed E-state index contributed by atoms with van der Waals surface area (Å²) in [5.74, 6) is -0.958. The topological polar surface area (TPSA) is 66.4 Å². The lowest BCUT2D eigenvalue weighted by Crippen LogP contribution is -1.96. The molecule has 0 spiro atoms. The van der Waals surface area contributed by atoms with Crippen molar-refractivity contribution in [2.45, 2.75) is 0 Å². The minimum absolute atomic E-state index is 0.231. The van der Waals surface area contributed by atoms with E-state index in [9.17, 15) is 9.59 Å². The Morgan fingerprint density at radius 3 is 2.43 bits per heavy atom. The molecule has 1 rings (SSSR count). The van der Waals surface area contributed by atoms with Gasteiger partial charge < -0.3 is 10.4 Å². The van der Waals surface area contributed by atoms with Crippen molar-refractivity contribution in [2.24, 2.45) is 0 Å². The highest BCUT2D eigenvalue weighted by atomic mass is 16.4. The van der Waals surface area contributed by atoms with Crippen molar-refractivity contribution in [3.63, 3.8) is 0 Å². The molecule has 4 nitrogen and oxygen atoms in total. The van der Waals surface area contributed by atoms with Crippen LogP contribution in [0.4, 0.5) is 5.69 Å². The number of aldehydes is 1. The molecule has 14 heavy (non-hydrogen) atoms. The summed E-state index contributed by atoms with van der Waals surface area (Å²) in [6.07, 6.45) is 3.44. The van der Waals surface area contributed by atoms with Crippen LogP contribution in [0.15, 0.2) is 36.5 Å². The normalized spacial score (nSPS) is 10.0. The molecule has 0 amide bonds. The number of carboxylic acid groups (broad SMARTS) is 1. The monoisotopic (exact) mass is 191 g/mol. The summed E-state index contributed by atoms with van der Waals surface area (Å²) in [5.41, 5.74) is 0.961. The zero-order valence-electron chi connectivity index (χ0n) is 7.31. The van der Waals surface area contributed by atoms with E-state index >= 15 is 0 Å². The first-order chi connectivity index (χ1) is 6.74. The molecule has 0 aromatic heterocycles. The standard InChI is InChI=1S/C10H9NO3/c12-7-1-6-11-9-4-2-8(3-5-9)10(13)14/h1-7,11H,(H,13,14)/b6-1+. The number of rotatable bonds is 4. The van der Waals surface area contributed by atoms with Crippen molar-refractivity contribution >= 4 is 17.9 Å². The van der Waals surface area contributed by atoms with E-state index in [1.807, 2.05) is 0 Å². The van der Waals surface area contributed by atoms with Crippen LogP contribution < -0.4 is 5.32 Å². The Morgan fingerprint density at radius 2 is 1.93 bits per heavy atom. The minimum Gasteiger partial charge on any atom is -0.478 e. The molecule has 0 radical (unpaired) electrons. The van der Waals surface area contributed by atoms with Crippen LogP contribution in [-0.4, -0.2) is 17.4 Å². The first-order valence-electron chi connectivity index (χ1n) is 3.94. The minimum atomic E-state index is -0.958. The highest BCUT2D eigenvalue weighted by Gasteiger charge is 1.99. The summed E-state index contributed by atoms with van der Waals surface area (Å²) in [4.78, 5) is 20.4. The number of benzene rings is 1. The lowest BCUT2D eigenvalue weighted by Gasteiger charge is -1.99. The molecule has 0 aliphatic carbocycles. The second-order valence-corrected chi connectivity index (χ2v) is 2.52. The first kappa shape index (κ1) is 9.98. The third-order valence-corrected chi connectivity index (χ3v) is 1.56. The Morgan fingerprint density at radius 1 is 1.29 bits per heavy atom. The fourth-order valence-electron chi connectivity index (χ4n) is 0.893. The lowest BCUT2D eigenvalue weighted by molar-refractivity contribution is -0.104. The number of hydrogen-bond donors (Lipinski definition) is 2. The number of allylic oxidation sites excluding steroid dienone is 1. The van der Waals surface area contributed by atoms with Crippen molar-refractivity contribution in [1.82, 2.24) is 0 Å². The summed E-state index contributed by atoms with van der Waals surface area (Å²) in [6, 6.07) is 6.22. The van der Waals surface area contributed by atoms with Gasteiger partial charge in [-0.15, -0.1) is 0 Å². The number of hydrogen-bond acceptors (Lipinski definition) is 3. The van der Waals surface area contributed by atoms with Gasteiger partial charge >= 0.3 is 5.97 Å². The average Bonchev–Trinajstić information content (AvgIpc) is 2.19. The van der Waals surface area contributed by atoms with Gasteiger partial charge in [0.05, 0.1) is 5.56 Å². The number of aromatic carboxylic acids is 1. The second-order valence-electron chi connectivity index (χ2n) is 2.52. The van der Waals surface area contributed by atoms with Gasteiger partial charge in [-0.3, -0.25) is 4.79 Å². The van der Waals surface area contributed by atoms with E-state index in [0.29, 0.717) is 6.29 Å². The van der Waals surface area contributed by atoms with Gasteiger partial charge in [0.25, 0.3) is 0 Å². The highest BCUT2D eigenvalue weighted by molar-refractivity contribution is 5.88. The summed E-state index contributed by atoms with van der Waals surface area (Å²) in [7, 11) is 0. The molecule has 72 valence electrons. The molecule has 0 heterocycles. The van der Waals surface area contributed by atoms with Crippen molar-refractivity contribution in [3.8, 4) is 0 Å². The SMILES string of the molecule is O=C/C=C/Nc1ccc(C(=O)O)cc1. The Kier molecular flexibility index (Phi) is 3.43. The van der Waals surface area contributed by atoms with Crippen molar-refractivity contribution in [3.05, 3.63) is 42.1 Å². The molecule has 1 aromatic carbocycles. The first-order valence-corrected chi connectivity index (χ1v) is 3.94. The Hall–Kier alpha value is -2.10. The van der Waals surface area contributed by atoms with Crippen LogP contribution in [0.25, 0.3) is 0 Å². The van der Waals surface area contributed by atoms with Gasteiger partial charge in [0, 0.05) is 11.9 Å². The van der Waals surface area contributed by atoms with Gasteiger partial charge in [-0.25, -0.2) is 4.79 Å². The highest BCUT2D eigenvalue weighted by Crippen LogP contribution is 2.09. The van der Waals surface area contributed by atoms with Crippen LogP contribution in [0.3, 0.4) is 0 Å². The summed E-state index contributed by atoms with van der Waals surface area (Å²) in [6.45, 7) is 0. The summed E-state index contributed by atoms with van der Waals surface area (Å²) >= 11 is 0. The molecule has 0 saturated carbocycles. The zero-order chi connectivity index (χ0) is 10.4. The summed E-state index contributed by atoms with van der Waals surface area (Å²) in [5, 5.41) is 11.4. The van der Waals surface area contributed by atoms with Gasteiger partial charge in [0.2, 0.25) is 0 Å². The number of nitrogens with one attached hydrogen (secondary N) is 1. The van der Waals surface area contributed by atoms with Gasteiger partial charge in [-0.2, -0.15) is 0 Å². The van der Waals surface area contributed by atoms with E-state index in [4.69, 9.17) is 5.11 Å². The zero-order valence-corrected chi connectivity index (χ0v) is 7.31. The van der Waals surface area contributed by atoms with Gasteiger partial charge in [-0.05, 0) is 30.3 Å². The van der Waals surface area contributed by atoms with Crippen LogP contribution in [0.2, 0.25) is 0 Å². The van der Waals surface area contributed by atoms with Crippen molar-refractivity contribution in [1.29, 1.82) is 0 Å². The van der Waals surface area contributed by atoms with E-state index < -0.39 is 5.97 Å². The maximum absolute atomic E-state index is 10.5. The number of carbonyl (C=O) groups is 2. The van der Waals surface area contributed by atoms with E-state index in [1.165, 1.54) is 24.4 Å². The molecule has 0 aliphatic heterocycles. The van der Waals surface area contributed by atoms with E-state index in [0.717, 1.165) is 5.69 Å². The smallest absolute Gasteiger partial charge is 0.335 e. The molecular formula is C10H9NO3. The Bertz CT molecular complexity index is 354. The Labute approximate surface area is 80.9 Å². The molecule has 0 fully saturated rings. The van der Waals surface area contributed by atoms with Crippen LogP contribution in [0.1, 0.15) is 10.4 Å². The van der Waals surface area contributed by atoms with Crippen LogP contribution >= 0.6 is 0 Å². The van der Waals surface area contributed by atoms with Crippen LogP contribution in [-0.2, 0) is 4.79 Å². The van der Waals surface area contributed by atoms with Crippen LogP contribution in [0, 0.1) is 0 Å². The van der Waals surface area contributed by atoms with Crippen LogP contribution in [0.5, 0.6) is 0 Å². The largest absolute Gasteiger partial charge is 0.478 e. The maximum Gasteiger partial charge on any atom is 0.335 e. The number of carbonyl (C=O) groups excluding carboxylic acids is 1. The number of anilines is 1. The molecule has 0 saturated heterocycles. The number of carboxylic acids is 1. The fraction of sp³-hybridized carbons (Fsp3) is 0. The molecule has 0 aliphatic rings. The summed E-state index contributed by atoms with van der Waals surface area (Å²) < 4.78 is 0. The fourth-order valence-corrected chi connectivity index (χ4v) is 0.893. The molecule has 0 atom stereocenters. The molecule has 0 bridgehead atoms. The van der Waals surface area contributed by atoms with Gasteiger partial charge in [0.1, 0.15) is 6.29 Å². The van der Waals surface area contributed by atoms with E-state index in [1.54, 1.807) is 12.1 Å². The van der Waals surface area contributed by atoms with Crippen molar-refractivity contribution in [2.75, 3.05) is 5.32 Å². The maximum atomic E-state index is 10.5. The molecule has 2 N–H and O–H groups in total. The lowest BCUT2D eigenvalue weighted by atomic mass is 10.2. The van der Waals surface area contributed by atoms with Gasteiger partial charge in [0.15, 0.2) is 0 Å². The second kappa shape index (κ2) is 4.81. The Balaban J connectivity index is 2.68.